The number of carbonyl (C=O) groups is 1. The van der Waals surface area contributed by atoms with Gasteiger partial charge in [0.2, 0.25) is 0 Å². The standard InChI is InChI=1S/C25H38NO8P/c1-3-17-31-20-24(32-18-9-8-14-25(27)28)21-34-35(29,30)33-19-16-26-15-10-13-22(4-2)23-11-6-5-7-12-23/h4-7,10-13,15,24H,3,8-9,14,16-21H2,1-2H3,(H,27,28)(H,29,30)/b13-10-,22-4+,26-15+. The van der Waals surface area contributed by atoms with Crippen molar-refractivity contribution in [2.75, 3.05) is 39.6 Å². The Kier molecular flexibility index (Phi) is 16.9. The van der Waals surface area contributed by atoms with Crippen LogP contribution in [0.4, 0.5) is 0 Å². The molecule has 196 valence electrons. The van der Waals surface area contributed by atoms with Crippen molar-refractivity contribution in [3.05, 3.63) is 54.1 Å². The first-order valence-electron chi connectivity index (χ1n) is 11.8. The second-order valence-electron chi connectivity index (χ2n) is 7.54. The van der Waals surface area contributed by atoms with Gasteiger partial charge in [0.05, 0.1) is 26.4 Å². The number of ether oxygens (including phenoxy) is 2. The quantitative estimate of drug-likeness (QED) is 0.109. The van der Waals surface area contributed by atoms with Crippen LogP contribution in [0.5, 0.6) is 0 Å². The number of allylic oxidation sites excluding steroid dienone is 4. The van der Waals surface area contributed by atoms with Gasteiger partial charge in [0.15, 0.2) is 0 Å². The van der Waals surface area contributed by atoms with Gasteiger partial charge >= 0.3 is 13.8 Å². The Morgan fingerprint density at radius 3 is 2.57 bits per heavy atom. The van der Waals surface area contributed by atoms with Crippen molar-refractivity contribution in [1.82, 2.24) is 0 Å². The molecule has 0 aliphatic heterocycles. The number of carboxylic acid groups (broad SMARTS) is 1. The number of hydrogen-bond acceptors (Lipinski definition) is 7. The predicted octanol–water partition coefficient (Wildman–Crippen LogP) is 4.92. The van der Waals surface area contributed by atoms with Crippen molar-refractivity contribution < 1.29 is 37.9 Å². The summed E-state index contributed by atoms with van der Waals surface area (Å²) in [6.45, 7) is 4.87. The molecule has 0 radical (unpaired) electrons. The zero-order valence-electron chi connectivity index (χ0n) is 20.6. The van der Waals surface area contributed by atoms with Crippen LogP contribution < -0.4 is 0 Å². The lowest BCUT2D eigenvalue weighted by Gasteiger charge is -2.19. The van der Waals surface area contributed by atoms with Gasteiger partial charge in [-0.25, -0.2) is 4.57 Å². The average Bonchev–Trinajstić information content (AvgIpc) is 2.84. The van der Waals surface area contributed by atoms with Crippen molar-refractivity contribution in [2.45, 2.75) is 45.6 Å². The smallest absolute Gasteiger partial charge is 0.472 e. The highest BCUT2D eigenvalue weighted by molar-refractivity contribution is 7.47. The van der Waals surface area contributed by atoms with E-state index in [9.17, 15) is 14.3 Å². The molecule has 1 rings (SSSR count). The van der Waals surface area contributed by atoms with E-state index in [4.69, 9.17) is 23.6 Å². The van der Waals surface area contributed by atoms with Gasteiger partial charge in [-0.3, -0.25) is 18.8 Å². The maximum absolute atomic E-state index is 12.1. The van der Waals surface area contributed by atoms with Crippen LogP contribution in [0.2, 0.25) is 0 Å². The van der Waals surface area contributed by atoms with E-state index >= 15 is 0 Å². The first kappa shape index (κ1) is 30.9. The fourth-order valence-corrected chi connectivity index (χ4v) is 3.57. The summed E-state index contributed by atoms with van der Waals surface area (Å²) < 4.78 is 33.3. The normalized spacial score (nSPS) is 15.0. The lowest BCUT2D eigenvalue weighted by Crippen LogP contribution is -2.26. The molecule has 0 fully saturated rings. The van der Waals surface area contributed by atoms with Gasteiger partial charge in [-0.1, -0.05) is 49.4 Å². The average molecular weight is 512 g/mol. The number of aliphatic imine (C=N–C) groups is 1. The van der Waals surface area contributed by atoms with Crippen LogP contribution in [-0.4, -0.2) is 67.9 Å². The number of unbranched alkanes of at least 4 members (excludes halogenated alkanes) is 1. The summed E-state index contributed by atoms with van der Waals surface area (Å²) in [5, 5.41) is 8.68. The van der Waals surface area contributed by atoms with Crippen molar-refractivity contribution in [2.24, 2.45) is 4.99 Å². The zero-order valence-corrected chi connectivity index (χ0v) is 21.5. The third kappa shape index (κ3) is 16.2. The van der Waals surface area contributed by atoms with Crippen molar-refractivity contribution >= 4 is 25.6 Å². The molecule has 0 saturated heterocycles. The fraction of sp³-hybridized carbons (Fsp3) is 0.520. The Labute approximate surface area is 208 Å². The number of carboxylic acids is 1. The third-order valence-electron chi connectivity index (χ3n) is 4.57. The van der Waals surface area contributed by atoms with Crippen LogP contribution in [0.3, 0.4) is 0 Å². The van der Waals surface area contributed by atoms with Crippen molar-refractivity contribution in [3.8, 4) is 0 Å². The fourth-order valence-electron chi connectivity index (χ4n) is 2.83. The monoisotopic (exact) mass is 511 g/mol. The van der Waals surface area contributed by atoms with E-state index in [1.165, 1.54) is 0 Å². The van der Waals surface area contributed by atoms with Crippen LogP contribution in [-0.2, 0) is 27.9 Å². The molecule has 35 heavy (non-hydrogen) atoms. The SMILES string of the molecule is C\C=C(/C=C\C=N\CCOP(=O)(O)OCC(COCCC)OCCCCC(=O)O)c1ccccc1. The summed E-state index contributed by atoms with van der Waals surface area (Å²) in [6.07, 6.45) is 8.71. The molecule has 2 unspecified atom stereocenters. The number of hydrogen-bond donors (Lipinski definition) is 2. The first-order chi connectivity index (χ1) is 16.9. The molecular formula is C25H38NO8P. The second-order valence-corrected chi connectivity index (χ2v) is 8.99. The minimum atomic E-state index is -4.27. The van der Waals surface area contributed by atoms with Gasteiger partial charge in [-0.05, 0) is 43.4 Å². The highest BCUT2D eigenvalue weighted by atomic mass is 31.2. The van der Waals surface area contributed by atoms with Gasteiger partial charge in [-0.2, -0.15) is 0 Å². The van der Waals surface area contributed by atoms with Gasteiger partial charge in [0.25, 0.3) is 0 Å². The van der Waals surface area contributed by atoms with E-state index in [0.717, 1.165) is 17.6 Å². The minimum absolute atomic E-state index is 0.0678. The molecule has 9 nitrogen and oxygen atoms in total. The molecule has 0 heterocycles. The predicted molar refractivity (Wildman–Crippen MR) is 137 cm³/mol. The number of phosphoric ester groups is 1. The van der Waals surface area contributed by atoms with Crippen LogP contribution in [0.1, 0.15) is 45.1 Å². The van der Waals surface area contributed by atoms with Crippen LogP contribution in [0, 0.1) is 0 Å². The number of phosphoric acid groups is 1. The summed E-state index contributed by atoms with van der Waals surface area (Å²) in [6, 6.07) is 9.96. The van der Waals surface area contributed by atoms with Crippen molar-refractivity contribution in [1.29, 1.82) is 0 Å². The topological polar surface area (TPSA) is 124 Å². The van der Waals surface area contributed by atoms with Gasteiger partial charge in [-0.15, -0.1) is 0 Å². The molecule has 0 spiro atoms. The Balaban J connectivity index is 2.36. The summed E-state index contributed by atoms with van der Waals surface area (Å²) in [5.41, 5.74) is 2.16. The van der Waals surface area contributed by atoms with Crippen molar-refractivity contribution in [3.63, 3.8) is 0 Å². The summed E-state index contributed by atoms with van der Waals surface area (Å²) in [7, 11) is -4.27. The molecule has 2 atom stereocenters. The molecule has 10 heteroatoms. The first-order valence-corrected chi connectivity index (χ1v) is 13.3. The molecule has 0 aliphatic carbocycles. The minimum Gasteiger partial charge on any atom is -0.481 e. The van der Waals surface area contributed by atoms with E-state index in [1.807, 2.05) is 56.3 Å². The van der Waals surface area contributed by atoms with Gasteiger partial charge in [0, 0.05) is 25.8 Å². The van der Waals surface area contributed by atoms with Gasteiger partial charge < -0.3 is 19.5 Å². The Hall–Kier alpha value is -2.13. The largest absolute Gasteiger partial charge is 0.481 e. The molecule has 0 saturated carbocycles. The highest BCUT2D eigenvalue weighted by Gasteiger charge is 2.23. The van der Waals surface area contributed by atoms with E-state index in [1.54, 1.807) is 12.3 Å². The lowest BCUT2D eigenvalue weighted by atomic mass is 10.1. The van der Waals surface area contributed by atoms with E-state index in [2.05, 4.69) is 4.99 Å². The summed E-state index contributed by atoms with van der Waals surface area (Å²) in [4.78, 5) is 24.6. The summed E-state index contributed by atoms with van der Waals surface area (Å²) >= 11 is 0. The molecule has 1 aromatic rings. The molecule has 1 aromatic carbocycles. The number of nitrogens with zero attached hydrogens (tertiary/aromatic N) is 1. The zero-order chi connectivity index (χ0) is 25.8. The molecule has 2 N–H and O–H groups in total. The second kappa shape index (κ2) is 19.1. The number of aliphatic carboxylic acids is 1. The Morgan fingerprint density at radius 2 is 1.89 bits per heavy atom. The number of rotatable bonds is 20. The maximum Gasteiger partial charge on any atom is 0.472 e. The van der Waals surface area contributed by atoms with Crippen LogP contribution >= 0.6 is 7.82 Å². The highest BCUT2D eigenvalue weighted by Crippen LogP contribution is 2.43. The lowest BCUT2D eigenvalue weighted by molar-refractivity contribution is -0.137. The Morgan fingerprint density at radius 1 is 1.11 bits per heavy atom. The molecule has 0 bridgehead atoms. The van der Waals surface area contributed by atoms with E-state index in [0.29, 0.717) is 26.1 Å². The van der Waals surface area contributed by atoms with E-state index in [-0.39, 0.29) is 32.8 Å². The van der Waals surface area contributed by atoms with Crippen LogP contribution in [0.15, 0.2) is 53.6 Å². The van der Waals surface area contributed by atoms with E-state index < -0.39 is 19.9 Å². The van der Waals surface area contributed by atoms with Crippen LogP contribution in [0.25, 0.3) is 5.57 Å². The Bertz CT molecular complexity index is 841. The molecule has 0 amide bonds. The maximum atomic E-state index is 12.1. The molecule has 0 aromatic heterocycles. The third-order valence-corrected chi connectivity index (χ3v) is 5.56. The van der Waals surface area contributed by atoms with Gasteiger partial charge in [0.1, 0.15) is 6.10 Å². The molecular weight excluding hydrogens is 473 g/mol. The summed E-state index contributed by atoms with van der Waals surface area (Å²) in [5.74, 6) is -0.857. The number of benzene rings is 1. The molecule has 0 aliphatic rings.